The minimum atomic E-state index is -2.22. The van der Waals surface area contributed by atoms with Gasteiger partial charge in [0.15, 0.2) is 11.9 Å². The summed E-state index contributed by atoms with van der Waals surface area (Å²) >= 11 is 0. The predicted octanol–water partition coefficient (Wildman–Crippen LogP) is -3.86. The predicted molar refractivity (Wildman–Crippen MR) is 42.0 cm³/mol. The van der Waals surface area contributed by atoms with E-state index in [2.05, 4.69) is 4.74 Å². The molecule has 1 aliphatic heterocycles. The molecule has 7 heteroatoms. The molecule has 0 aliphatic carbocycles. The van der Waals surface area contributed by atoms with E-state index >= 15 is 0 Å². The Hall–Kier alpha value is -0.280. The van der Waals surface area contributed by atoms with Gasteiger partial charge in [0, 0.05) is 0 Å². The number of rotatable bonds is 3. The number of hydrogen-bond donors (Lipinski definition) is 6. The van der Waals surface area contributed by atoms with Crippen molar-refractivity contribution in [3.8, 4) is 0 Å². The van der Waals surface area contributed by atoms with Crippen molar-refractivity contribution >= 4 is 0 Å². The lowest BCUT2D eigenvalue weighted by atomic mass is 9.94. The van der Waals surface area contributed by atoms with E-state index in [1.54, 1.807) is 0 Å². The van der Waals surface area contributed by atoms with Gasteiger partial charge < -0.3 is 35.4 Å². The van der Waals surface area contributed by atoms with Crippen LogP contribution < -0.4 is 0 Å². The fraction of sp³-hybridized carbons (Fsp3) is 1.00. The Kier molecular flexibility index (Phi) is 3.43. The van der Waals surface area contributed by atoms with E-state index in [-0.39, 0.29) is 0 Å². The molecular weight excluding hydrogens is 196 g/mol. The van der Waals surface area contributed by atoms with Crippen molar-refractivity contribution in [2.24, 2.45) is 0 Å². The Morgan fingerprint density at radius 1 is 1.29 bits per heavy atom. The highest BCUT2D eigenvalue weighted by atomic mass is 16.7. The summed E-state index contributed by atoms with van der Waals surface area (Å²) in [5, 5.41) is 54.5. The smallest absolute Gasteiger partial charge is 0.189 e. The lowest BCUT2D eigenvalue weighted by Gasteiger charge is -2.26. The SMILES string of the molecule is OC[C@@H](O)[C@@H]1O[C@@H](O)[C@@](O)(CO)[C@@H]1O. The second kappa shape index (κ2) is 4.07. The topological polar surface area (TPSA) is 131 Å². The first-order valence-electron chi connectivity index (χ1n) is 4.11. The van der Waals surface area contributed by atoms with E-state index in [1.807, 2.05) is 0 Å². The molecule has 1 aliphatic rings. The van der Waals surface area contributed by atoms with Crippen molar-refractivity contribution in [3.63, 3.8) is 0 Å². The summed E-state index contributed by atoms with van der Waals surface area (Å²) in [6.07, 6.45) is -6.22. The van der Waals surface area contributed by atoms with Crippen molar-refractivity contribution in [2.45, 2.75) is 30.2 Å². The van der Waals surface area contributed by atoms with E-state index in [9.17, 15) is 10.2 Å². The third kappa shape index (κ3) is 1.63. The molecule has 0 saturated carbocycles. The molecule has 0 aromatic carbocycles. The van der Waals surface area contributed by atoms with Crippen LogP contribution in [0.25, 0.3) is 0 Å². The van der Waals surface area contributed by atoms with E-state index in [1.165, 1.54) is 0 Å². The van der Waals surface area contributed by atoms with Crippen LogP contribution in [0.5, 0.6) is 0 Å². The average Bonchev–Trinajstić information content (AvgIpc) is 2.42. The minimum absolute atomic E-state index is 0.685. The molecule has 1 fully saturated rings. The lowest BCUT2D eigenvalue weighted by molar-refractivity contribution is -0.194. The van der Waals surface area contributed by atoms with Gasteiger partial charge in [-0.05, 0) is 0 Å². The summed E-state index contributed by atoms with van der Waals surface area (Å²) in [7, 11) is 0. The Morgan fingerprint density at radius 2 is 1.86 bits per heavy atom. The van der Waals surface area contributed by atoms with E-state index < -0.39 is 43.4 Å². The van der Waals surface area contributed by atoms with Gasteiger partial charge >= 0.3 is 0 Å². The number of ether oxygens (including phenoxy) is 1. The molecule has 14 heavy (non-hydrogen) atoms. The zero-order valence-electron chi connectivity index (χ0n) is 7.32. The normalized spacial score (nSPS) is 45.4. The molecule has 84 valence electrons. The van der Waals surface area contributed by atoms with E-state index in [0.29, 0.717) is 0 Å². The van der Waals surface area contributed by atoms with Crippen molar-refractivity contribution in [1.82, 2.24) is 0 Å². The van der Waals surface area contributed by atoms with Gasteiger partial charge in [0.25, 0.3) is 0 Å². The maximum atomic E-state index is 9.48. The summed E-state index contributed by atoms with van der Waals surface area (Å²) < 4.78 is 4.62. The van der Waals surface area contributed by atoms with Gasteiger partial charge in [-0.1, -0.05) is 0 Å². The first-order valence-corrected chi connectivity index (χ1v) is 4.11. The van der Waals surface area contributed by atoms with Gasteiger partial charge in [-0.2, -0.15) is 0 Å². The first kappa shape index (κ1) is 11.8. The van der Waals surface area contributed by atoms with Crippen LogP contribution in [0.3, 0.4) is 0 Å². The number of hydrogen-bond acceptors (Lipinski definition) is 7. The summed E-state index contributed by atoms with van der Waals surface area (Å²) in [4.78, 5) is 0. The van der Waals surface area contributed by atoms with Crippen LogP contribution in [0.4, 0.5) is 0 Å². The Bertz CT molecular complexity index is 198. The highest BCUT2D eigenvalue weighted by Crippen LogP contribution is 2.31. The van der Waals surface area contributed by atoms with Gasteiger partial charge in [-0.3, -0.25) is 0 Å². The standard InChI is InChI=1S/C7H14O7/c8-1-3(10)4-5(11)7(13,2-9)6(12)14-4/h3-6,8-13H,1-2H2/t3-,4+,5-,6-,7-/m1/s1. The van der Waals surface area contributed by atoms with Crippen molar-refractivity contribution in [3.05, 3.63) is 0 Å². The van der Waals surface area contributed by atoms with Crippen LogP contribution in [0, 0.1) is 0 Å². The fourth-order valence-corrected chi connectivity index (χ4v) is 1.35. The number of aliphatic hydroxyl groups is 6. The molecule has 0 radical (unpaired) electrons. The molecule has 5 atom stereocenters. The highest BCUT2D eigenvalue weighted by molar-refractivity contribution is 5.01. The fourth-order valence-electron chi connectivity index (χ4n) is 1.35. The molecule has 0 unspecified atom stereocenters. The minimum Gasteiger partial charge on any atom is -0.394 e. The van der Waals surface area contributed by atoms with Crippen LogP contribution in [0.1, 0.15) is 0 Å². The zero-order chi connectivity index (χ0) is 10.9. The van der Waals surface area contributed by atoms with Crippen molar-refractivity contribution < 1.29 is 35.4 Å². The van der Waals surface area contributed by atoms with Crippen molar-refractivity contribution in [1.29, 1.82) is 0 Å². The molecule has 1 rings (SSSR count). The molecule has 1 heterocycles. The van der Waals surface area contributed by atoms with Crippen LogP contribution in [0.15, 0.2) is 0 Å². The van der Waals surface area contributed by atoms with E-state index in [4.69, 9.17) is 20.4 Å². The van der Waals surface area contributed by atoms with Crippen LogP contribution >= 0.6 is 0 Å². The lowest BCUT2D eigenvalue weighted by Crippen LogP contribution is -2.52. The second-order valence-electron chi connectivity index (χ2n) is 3.30. The molecule has 0 bridgehead atoms. The Morgan fingerprint density at radius 3 is 2.21 bits per heavy atom. The Labute approximate surface area is 79.8 Å². The molecule has 0 spiro atoms. The van der Waals surface area contributed by atoms with Gasteiger partial charge in [-0.25, -0.2) is 0 Å². The molecule has 0 aromatic heterocycles. The second-order valence-corrected chi connectivity index (χ2v) is 3.30. The Balaban J connectivity index is 2.78. The molecule has 6 N–H and O–H groups in total. The van der Waals surface area contributed by atoms with Gasteiger partial charge in [-0.15, -0.1) is 0 Å². The van der Waals surface area contributed by atoms with Gasteiger partial charge in [0.05, 0.1) is 13.2 Å². The maximum absolute atomic E-state index is 9.48. The molecule has 0 aromatic rings. The molecule has 1 saturated heterocycles. The molecule has 7 nitrogen and oxygen atoms in total. The van der Waals surface area contributed by atoms with E-state index in [0.717, 1.165) is 0 Å². The summed E-state index contributed by atoms with van der Waals surface area (Å²) in [6.45, 7) is -1.60. The largest absolute Gasteiger partial charge is 0.394 e. The molecule has 0 amide bonds. The third-order valence-corrected chi connectivity index (χ3v) is 2.36. The monoisotopic (exact) mass is 210 g/mol. The maximum Gasteiger partial charge on any atom is 0.189 e. The van der Waals surface area contributed by atoms with Crippen LogP contribution in [-0.4, -0.2) is 74.1 Å². The zero-order valence-corrected chi connectivity index (χ0v) is 7.32. The van der Waals surface area contributed by atoms with Gasteiger partial charge in [0.2, 0.25) is 0 Å². The van der Waals surface area contributed by atoms with Gasteiger partial charge in [0.1, 0.15) is 18.3 Å². The average molecular weight is 210 g/mol. The number of aliphatic hydroxyl groups excluding tert-OH is 5. The third-order valence-electron chi connectivity index (χ3n) is 2.36. The van der Waals surface area contributed by atoms with Crippen LogP contribution in [-0.2, 0) is 4.74 Å². The summed E-state index contributed by atoms with van der Waals surface area (Å²) in [5.41, 5.74) is -2.22. The van der Waals surface area contributed by atoms with Crippen LogP contribution in [0.2, 0.25) is 0 Å². The molecular formula is C7H14O7. The summed E-state index contributed by atoms with van der Waals surface area (Å²) in [5.74, 6) is 0. The quantitative estimate of drug-likeness (QED) is 0.281. The van der Waals surface area contributed by atoms with Crippen molar-refractivity contribution in [2.75, 3.05) is 13.2 Å². The first-order chi connectivity index (χ1) is 6.47. The highest BCUT2D eigenvalue weighted by Gasteiger charge is 2.56. The summed E-state index contributed by atoms with van der Waals surface area (Å²) in [6, 6.07) is 0.